The average Bonchev–Trinajstić information content (AvgIpc) is 2.02. The molecule has 2 heteroatoms. The highest BCUT2D eigenvalue weighted by Gasteiger charge is 2.26. The van der Waals surface area contributed by atoms with Crippen LogP contribution in [-0.2, 0) is 0 Å². The Hall–Kier alpha value is -0.0800. The predicted molar refractivity (Wildman–Crippen MR) is 55.6 cm³/mol. The topological polar surface area (TPSA) is 29.3 Å². The molecule has 2 rings (SSSR count). The van der Waals surface area contributed by atoms with Gasteiger partial charge in [-0.1, -0.05) is 12.8 Å². The third-order valence-electron chi connectivity index (χ3n) is 3.67. The van der Waals surface area contributed by atoms with E-state index in [9.17, 15) is 0 Å². The van der Waals surface area contributed by atoms with Crippen LogP contribution in [0.15, 0.2) is 0 Å². The van der Waals surface area contributed by atoms with E-state index in [0.29, 0.717) is 6.04 Å². The van der Waals surface area contributed by atoms with Gasteiger partial charge in [0.05, 0.1) is 0 Å². The third-order valence-corrected chi connectivity index (χ3v) is 3.67. The van der Waals surface area contributed by atoms with Crippen LogP contribution in [0.2, 0.25) is 0 Å². The van der Waals surface area contributed by atoms with Crippen LogP contribution < -0.4 is 5.73 Å². The zero-order valence-electron chi connectivity index (χ0n) is 8.54. The molecule has 0 amide bonds. The number of hydrogen-bond acceptors (Lipinski definition) is 2. The molecule has 1 unspecified atom stereocenters. The monoisotopic (exact) mass is 182 g/mol. The van der Waals surface area contributed by atoms with Crippen LogP contribution in [0.1, 0.15) is 38.5 Å². The van der Waals surface area contributed by atoms with E-state index >= 15 is 0 Å². The van der Waals surface area contributed by atoms with Crippen molar-refractivity contribution in [2.24, 2.45) is 11.7 Å². The van der Waals surface area contributed by atoms with Gasteiger partial charge < -0.3 is 10.6 Å². The van der Waals surface area contributed by atoms with Crippen molar-refractivity contribution in [2.45, 2.75) is 44.6 Å². The molecular weight excluding hydrogens is 160 g/mol. The summed E-state index contributed by atoms with van der Waals surface area (Å²) in [6.07, 6.45) is 8.38. The van der Waals surface area contributed by atoms with Gasteiger partial charge in [-0.2, -0.15) is 0 Å². The zero-order chi connectivity index (χ0) is 9.10. The first-order valence-electron chi connectivity index (χ1n) is 5.84. The smallest absolute Gasteiger partial charge is 0.0196 e. The van der Waals surface area contributed by atoms with Crippen LogP contribution in [-0.4, -0.2) is 30.6 Å². The van der Waals surface area contributed by atoms with Gasteiger partial charge in [-0.3, -0.25) is 0 Å². The molecule has 76 valence electrons. The lowest BCUT2D eigenvalue weighted by atomic mass is 9.80. The maximum atomic E-state index is 6.17. The highest BCUT2D eigenvalue weighted by Crippen LogP contribution is 2.29. The molecule has 2 aliphatic rings. The Morgan fingerprint density at radius 1 is 1.08 bits per heavy atom. The summed E-state index contributed by atoms with van der Waals surface area (Å²) in [7, 11) is 0. The molecule has 1 aliphatic heterocycles. The molecular formula is C11H22N2. The molecule has 2 N–H and O–H groups in total. The fourth-order valence-corrected chi connectivity index (χ4v) is 2.46. The highest BCUT2D eigenvalue weighted by molar-refractivity contribution is 4.83. The number of piperidine rings is 1. The minimum atomic E-state index is 0.465. The van der Waals surface area contributed by atoms with Crippen LogP contribution in [0.4, 0.5) is 0 Å². The Kier molecular flexibility index (Phi) is 3.23. The van der Waals surface area contributed by atoms with Crippen LogP contribution in [0.5, 0.6) is 0 Å². The zero-order valence-corrected chi connectivity index (χ0v) is 8.54. The summed E-state index contributed by atoms with van der Waals surface area (Å²) >= 11 is 0. The molecule has 0 bridgehead atoms. The lowest BCUT2D eigenvalue weighted by molar-refractivity contribution is 0.166. The van der Waals surface area contributed by atoms with E-state index in [0.717, 1.165) is 12.5 Å². The fraction of sp³-hybridized carbons (Fsp3) is 1.00. The van der Waals surface area contributed by atoms with Crippen LogP contribution in [0.3, 0.4) is 0 Å². The molecule has 1 saturated carbocycles. The molecule has 0 aromatic heterocycles. The maximum absolute atomic E-state index is 6.17. The van der Waals surface area contributed by atoms with Gasteiger partial charge in [-0.05, 0) is 44.7 Å². The standard InChI is InChI=1S/C11H22N2/c12-11(10-5-4-6-10)9-13-7-2-1-3-8-13/h10-11H,1-9,12H2. The molecule has 1 saturated heterocycles. The van der Waals surface area contributed by atoms with E-state index in [1.165, 1.54) is 51.6 Å². The minimum absolute atomic E-state index is 0.465. The van der Waals surface area contributed by atoms with Crippen molar-refractivity contribution < 1.29 is 0 Å². The number of nitrogens with zero attached hydrogens (tertiary/aromatic N) is 1. The summed E-state index contributed by atoms with van der Waals surface area (Å²) in [5.41, 5.74) is 6.17. The summed E-state index contributed by atoms with van der Waals surface area (Å²) in [6.45, 7) is 3.74. The fourth-order valence-electron chi connectivity index (χ4n) is 2.46. The summed E-state index contributed by atoms with van der Waals surface area (Å²) in [4.78, 5) is 2.56. The van der Waals surface area contributed by atoms with Crippen molar-refractivity contribution in [1.82, 2.24) is 4.90 Å². The van der Waals surface area contributed by atoms with Gasteiger partial charge in [0.1, 0.15) is 0 Å². The van der Waals surface area contributed by atoms with E-state index in [2.05, 4.69) is 4.90 Å². The molecule has 1 aliphatic carbocycles. The summed E-state index contributed by atoms with van der Waals surface area (Å²) in [5.74, 6) is 0.849. The number of hydrogen-bond donors (Lipinski definition) is 1. The quantitative estimate of drug-likeness (QED) is 0.718. The van der Waals surface area contributed by atoms with Crippen molar-refractivity contribution in [1.29, 1.82) is 0 Å². The molecule has 0 aromatic rings. The first-order chi connectivity index (χ1) is 6.36. The molecule has 13 heavy (non-hydrogen) atoms. The largest absolute Gasteiger partial charge is 0.326 e. The van der Waals surface area contributed by atoms with Crippen LogP contribution in [0, 0.1) is 5.92 Å². The Morgan fingerprint density at radius 3 is 2.31 bits per heavy atom. The second-order valence-electron chi connectivity index (χ2n) is 4.72. The lowest BCUT2D eigenvalue weighted by Gasteiger charge is -2.36. The van der Waals surface area contributed by atoms with E-state index in [1.807, 2.05) is 0 Å². The molecule has 0 spiro atoms. The van der Waals surface area contributed by atoms with E-state index < -0.39 is 0 Å². The molecule has 0 radical (unpaired) electrons. The minimum Gasteiger partial charge on any atom is -0.326 e. The van der Waals surface area contributed by atoms with Gasteiger partial charge in [0.15, 0.2) is 0 Å². The second-order valence-corrected chi connectivity index (χ2v) is 4.72. The van der Waals surface area contributed by atoms with Crippen molar-refractivity contribution in [3.05, 3.63) is 0 Å². The van der Waals surface area contributed by atoms with Crippen molar-refractivity contribution >= 4 is 0 Å². The van der Waals surface area contributed by atoms with Crippen LogP contribution >= 0.6 is 0 Å². The van der Waals surface area contributed by atoms with Crippen molar-refractivity contribution in [3.63, 3.8) is 0 Å². The number of nitrogens with two attached hydrogens (primary N) is 1. The van der Waals surface area contributed by atoms with E-state index in [1.54, 1.807) is 0 Å². The average molecular weight is 182 g/mol. The van der Waals surface area contributed by atoms with Gasteiger partial charge in [0.25, 0.3) is 0 Å². The molecule has 1 heterocycles. The van der Waals surface area contributed by atoms with Gasteiger partial charge in [-0.15, -0.1) is 0 Å². The summed E-state index contributed by atoms with van der Waals surface area (Å²) in [5, 5.41) is 0. The molecule has 0 aromatic carbocycles. The second kappa shape index (κ2) is 4.43. The van der Waals surface area contributed by atoms with Gasteiger partial charge in [0, 0.05) is 12.6 Å². The normalized spacial score (nSPS) is 28.4. The van der Waals surface area contributed by atoms with Crippen molar-refractivity contribution in [2.75, 3.05) is 19.6 Å². The maximum Gasteiger partial charge on any atom is 0.0196 e. The van der Waals surface area contributed by atoms with Gasteiger partial charge >= 0.3 is 0 Å². The molecule has 2 fully saturated rings. The predicted octanol–water partition coefficient (Wildman–Crippen LogP) is 1.60. The molecule has 1 atom stereocenters. The Balaban J connectivity index is 1.69. The van der Waals surface area contributed by atoms with E-state index in [-0.39, 0.29) is 0 Å². The molecule has 2 nitrogen and oxygen atoms in total. The third kappa shape index (κ3) is 2.44. The summed E-state index contributed by atoms with van der Waals surface area (Å²) in [6, 6.07) is 0.465. The Bertz CT molecular complexity index is 148. The SMILES string of the molecule is NC(CN1CCCCC1)C1CCC1. The number of rotatable bonds is 3. The van der Waals surface area contributed by atoms with Crippen molar-refractivity contribution in [3.8, 4) is 0 Å². The van der Waals surface area contributed by atoms with Gasteiger partial charge in [0.2, 0.25) is 0 Å². The highest BCUT2D eigenvalue weighted by atomic mass is 15.1. The Labute approximate surface area is 81.5 Å². The number of likely N-dealkylation sites (tertiary alicyclic amines) is 1. The lowest BCUT2D eigenvalue weighted by Crippen LogP contribution is -2.45. The first kappa shape index (κ1) is 9.47. The van der Waals surface area contributed by atoms with E-state index in [4.69, 9.17) is 5.73 Å². The Morgan fingerprint density at radius 2 is 1.77 bits per heavy atom. The summed E-state index contributed by atoms with van der Waals surface area (Å²) < 4.78 is 0. The van der Waals surface area contributed by atoms with Crippen LogP contribution in [0.25, 0.3) is 0 Å². The first-order valence-corrected chi connectivity index (χ1v) is 5.84. The van der Waals surface area contributed by atoms with Gasteiger partial charge in [-0.25, -0.2) is 0 Å².